The summed E-state index contributed by atoms with van der Waals surface area (Å²) in [7, 11) is 1.84. The Morgan fingerprint density at radius 1 is 1.50 bits per heavy atom. The average Bonchev–Trinajstić information content (AvgIpc) is 2.70. The van der Waals surface area contributed by atoms with Crippen molar-refractivity contribution >= 4 is 39.3 Å². The number of thioether (sulfide) groups is 1. The van der Waals surface area contributed by atoms with Crippen molar-refractivity contribution in [3.63, 3.8) is 0 Å². The summed E-state index contributed by atoms with van der Waals surface area (Å²) >= 11 is 3.43. The highest BCUT2D eigenvalue weighted by Crippen LogP contribution is 2.34. The van der Waals surface area contributed by atoms with E-state index in [-0.39, 0.29) is 0 Å². The van der Waals surface area contributed by atoms with Gasteiger partial charge in [-0.3, -0.25) is 0 Å². The highest BCUT2D eigenvalue weighted by Gasteiger charge is 2.22. The number of ether oxygens (including phenoxy) is 1. The first kappa shape index (κ1) is 10.3. The number of anilines is 1. The summed E-state index contributed by atoms with van der Waals surface area (Å²) in [6.07, 6.45) is 0. The lowest BCUT2D eigenvalue weighted by Gasteiger charge is -2.24. The van der Waals surface area contributed by atoms with Crippen molar-refractivity contribution in [2.75, 3.05) is 25.6 Å². The van der Waals surface area contributed by atoms with Crippen molar-refractivity contribution < 1.29 is 4.74 Å². The van der Waals surface area contributed by atoms with Crippen molar-refractivity contribution in [3.8, 4) is 0 Å². The molecule has 84 valence electrons. The summed E-state index contributed by atoms with van der Waals surface area (Å²) in [5.41, 5.74) is 0. The van der Waals surface area contributed by atoms with E-state index in [9.17, 15) is 0 Å². The summed E-state index contributed by atoms with van der Waals surface area (Å²) in [5.74, 6) is 0.692. The van der Waals surface area contributed by atoms with Gasteiger partial charge in [0.05, 0.1) is 18.5 Å². The molecule has 1 aliphatic rings. The minimum atomic E-state index is 0.544. The largest absolute Gasteiger partial charge is 0.379 e. The van der Waals surface area contributed by atoms with Gasteiger partial charge in [-0.25, -0.2) is 9.97 Å². The quantitative estimate of drug-likeness (QED) is 0.850. The van der Waals surface area contributed by atoms with Crippen LogP contribution in [0.3, 0.4) is 0 Å². The number of thiophene rings is 1. The zero-order valence-electron chi connectivity index (χ0n) is 8.77. The number of rotatable bonds is 3. The van der Waals surface area contributed by atoms with E-state index >= 15 is 0 Å². The van der Waals surface area contributed by atoms with Crippen LogP contribution in [0, 0.1) is 0 Å². The Bertz CT molecular complexity index is 510. The lowest BCUT2D eigenvalue weighted by molar-refractivity contribution is 0.0455. The van der Waals surface area contributed by atoms with E-state index in [0.717, 1.165) is 28.5 Å². The minimum Gasteiger partial charge on any atom is -0.379 e. The molecule has 1 fully saturated rings. The standard InChI is InChI=1S/C10H11N3OS2/c1-11-10-12-8-7(2-3-15-8)9(13-10)16-6-4-14-5-6/h2-3,6H,4-5H2,1H3,(H,11,12,13). The molecular weight excluding hydrogens is 242 g/mol. The van der Waals surface area contributed by atoms with Crippen LogP contribution in [-0.4, -0.2) is 35.5 Å². The molecular formula is C10H11N3OS2. The number of nitrogens with one attached hydrogen (secondary N) is 1. The Morgan fingerprint density at radius 3 is 3.06 bits per heavy atom. The molecule has 0 radical (unpaired) electrons. The SMILES string of the molecule is CNc1nc(SC2COC2)c2ccsc2n1. The van der Waals surface area contributed by atoms with Gasteiger partial charge in [0.25, 0.3) is 0 Å². The average molecular weight is 253 g/mol. The summed E-state index contributed by atoms with van der Waals surface area (Å²) in [4.78, 5) is 9.97. The normalized spacial score (nSPS) is 16.3. The second kappa shape index (κ2) is 4.20. The molecule has 0 atom stereocenters. The van der Waals surface area contributed by atoms with Gasteiger partial charge in [-0.1, -0.05) is 11.8 Å². The number of aromatic nitrogens is 2. The van der Waals surface area contributed by atoms with Crippen LogP contribution in [0.15, 0.2) is 16.5 Å². The maximum atomic E-state index is 5.18. The second-order valence-electron chi connectivity index (χ2n) is 3.52. The van der Waals surface area contributed by atoms with Crippen LogP contribution < -0.4 is 5.32 Å². The maximum Gasteiger partial charge on any atom is 0.224 e. The summed E-state index contributed by atoms with van der Waals surface area (Å²) in [6.45, 7) is 1.66. The fourth-order valence-electron chi connectivity index (χ4n) is 1.47. The molecule has 1 saturated heterocycles. The smallest absolute Gasteiger partial charge is 0.224 e. The number of hydrogen-bond acceptors (Lipinski definition) is 6. The van der Waals surface area contributed by atoms with E-state index in [1.807, 2.05) is 7.05 Å². The van der Waals surface area contributed by atoms with Crippen LogP contribution in [0.2, 0.25) is 0 Å². The first-order valence-electron chi connectivity index (χ1n) is 5.04. The highest BCUT2D eigenvalue weighted by molar-refractivity contribution is 8.00. The lowest BCUT2D eigenvalue weighted by Crippen LogP contribution is -2.30. The molecule has 0 aromatic carbocycles. The molecule has 3 heterocycles. The van der Waals surface area contributed by atoms with Gasteiger partial charge in [0.1, 0.15) is 9.86 Å². The molecule has 0 aliphatic carbocycles. The van der Waals surface area contributed by atoms with Crippen molar-refractivity contribution in [2.24, 2.45) is 0 Å². The Hall–Kier alpha value is -0.850. The van der Waals surface area contributed by atoms with Gasteiger partial charge >= 0.3 is 0 Å². The molecule has 4 nitrogen and oxygen atoms in total. The van der Waals surface area contributed by atoms with Crippen LogP contribution in [0.5, 0.6) is 0 Å². The van der Waals surface area contributed by atoms with Gasteiger partial charge in [0, 0.05) is 12.4 Å². The third-order valence-electron chi connectivity index (χ3n) is 2.40. The highest BCUT2D eigenvalue weighted by atomic mass is 32.2. The van der Waals surface area contributed by atoms with E-state index in [2.05, 4.69) is 26.7 Å². The van der Waals surface area contributed by atoms with Crippen molar-refractivity contribution in [2.45, 2.75) is 10.3 Å². The van der Waals surface area contributed by atoms with Gasteiger partial charge in [-0.05, 0) is 11.4 Å². The Balaban J connectivity index is 2.01. The monoisotopic (exact) mass is 253 g/mol. The predicted molar refractivity (Wildman–Crippen MR) is 67.4 cm³/mol. The minimum absolute atomic E-state index is 0.544. The molecule has 6 heteroatoms. The first-order chi connectivity index (χ1) is 7.86. The van der Waals surface area contributed by atoms with Gasteiger partial charge < -0.3 is 10.1 Å². The molecule has 0 saturated carbocycles. The molecule has 16 heavy (non-hydrogen) atoms. The van der Waals surface area contributed by atoms with E-state index < -0.39 is 0 Å². The van der Waals surface area contributed by atoms with Crippen molar-refractivity contribution in [3.05, 3.63) is 11.4 Å². The zero-order valence-corrected chi connectivity index (χ0v) is 10.4. The molecule has 0 bridgehead atoms. The van der Waals surface area contributed by atoms with Crippen LogP contribution >= 0.6 is 23.1 Å². The van der Waals surface area contributed by atoms with Crippen LogP contribution in [-0.2, 0) is 4.74 Å². The summed E-state index contributed by atoms with van der Waals surface area (Å²) in [6, 6.07) is 2.08. The van der Waals surface area contributed by atoms with Gasteiger partial charge in [0.15, 0.2) is 0 Å². The number of hydrogen-bond donors (Lipinski definition) is 1. The van der Waals surface area contributed by atoms with Gasteiger partial charge in [-0.15, -0.1) is 11.3 Å². The van der Waals surface area contributed by atoms with E-state index in [0.29, 0.717) is 11.2 Å². The van der Waals surface area contributed by atoms with Gasteiger partial charge in [0.2, 0.25) is 5.95 Å². The molecule has 2 aromatic rings. The van der Waals surface area contributed by atoms with Crippen LogP contribution in [0.1, 0.15) is 0 Å². The lowest BCUT2D eigenvalue weighted by atomic mass is 10.4. The van der Waals surface area contributed by atoms with E-state index in [4.69, 9.17) is 4.74 Å². The summed E-state index contributed by atoms with van der Waals surface area (Å²) in [5, 5.41) is 7.81. The number of fused-ring (bicyclic) bond motifs is 1. The Kier molecular flexibility index (Phi) is 2.70. The van der Waals surface area contributed by atoms with Crippen LogP contribution in [0.25, 0.3) is 10.2 Å². The molecule has 1 aliphatic heterocycles. The van der Waals surface area contributed by atoms with Gasteiger partial charge in [-0.2, -0.15) is 0 Å². The topological polar surface area (TPSA) is 47.0 Å². The molecule has 0 spiro atoms. The summed E-state index contributed by atoms with van der Waals surface area (Å²) < 4.78 is 5.18. The van der Waals surface area contributed by atoms with E-state index in [1.165, 1.54) is 0 Å². The molecule has 1 N–H and O–H groups in total. The van der Waals surface area contributed by atoms with Crippen LogP contribution in [0.4, 0.5) is 5.95 Å². The Morgan fingerprint density at radius 2 is 2.38 bits per heavy atom. The fraction of sp³-hybridized carbons (Fsp3) is 0.400. The maximum absolute atomic E-state index is 5.18. The van der Waals surface area contributed by atoms with Crippen molar-refractivity contribution in [1.82, 2.24) is 9.97 Å². The zero-order chi connectivity index (χ0) is 11.0. The molecule has 2 aromatic heterocycles. The first-order valence-corrected chi connectivity index (χ1v) is 6.80. The third-order valence-corrected chi connectivity index (χ3v) is 4.35. The molecule has 0 amide bonds. The Labute approximate surface area is 101 Å². The predicted octanol–water partition coefficient (Wildman–Crippen LogP) is 2.22. The van der Waals surface area contributed by atoms with Crippen molar-refractivity contribution in [1.29, 1.82) is 0 Å². The number of nitrogens with zero attached hydrogens (tertiary/aromatic N) is 2. The molecule has 3 rings (SSSR count). The molecule has 0 unspecified atom stereocenters. The second-order valence-corrected chi connectivity index (χ2v) is 5.70. The fourth-order valence-corrected chi connectivity index (χ4v) is 3.37. The van der Waals surface area contributed by atoms with E-state index in [1.54, 1.807) is 23.1 Å². The third kappa shape index (κ3) is 1.77.